The summed E-state index contributed by atoms with van der Waals surface area (Å²) in [4.78, 5) is 0. The fraction of sp³-hybridized carbons (Fsp3) is 0.294. The van der Waals surface area contributed by atoms with E-state index in [0.29, 0.717) is 10.8 Å². The average Bonchev–Trinajstić information content (AvgIpc) is 2.42. The van der Waals surface area contributed by atoms with Crippen molar-refractivity contribution in [1.82, 2.24) is 0 Å². The van der Waals surface area contributed by atoms with Crippen molar-refractivity contribution >= 4 is 10.8 Å². The minimum absolute atomic E-state index is 0.0358. The van der Waals surface area contributed by atoms with E-state index in [4.69, 9.17) is 6.42 Å². The predicted octanol–water partition coefficient (Wildman–Crippen LogP) is 4.52. The fourth-order valence-corrected chi connectivity index (χ4v) is 2.11. The first kappa shape index (κ1) is 15.8. The van der Waals surface area contributed by atoms with Gasteiger partial charge in [-0.3, -0.25) is 0 Å². The van der Waals surface area contributed by atoms with Gasteiger partial charge in [0, 0.05) is 5.39 Å². The molecule has 2 nitrogen and oxygen atoms in total. The molecule has 2 N–H and O–H groups in total. The summed E-state index contributed by atoms with van der Waals surface area (Å²) in [5.41, 5.74) is 0.797. The van der Waals surface area contributed by atoms with E-state index in [2.05, 4.69) is 5.92 Å². The zero-order chi connectivity index (χ0) is 15.4. The molecule has 2 aromatic carbocycles. The van der Waals surface area contributed by atoms with Crippen molar-refractivity contribution in [2.75, 3.05) is 0 Å². The standard InChI is InChI=1S/C15H13FO2.C2H6/c1-4-11-14-9(6-13(18)15(11)16)5-10(17)7-12(14)8(2)3;1-2/h1,5-8,17-18H,2-3H3;1-2H3. The smallest absolute Gasteiger partial charge is 0.181 e. The SMILES string of the molecule is C#Cc1c(F)c(O)cc2cc(O)cc(C(C)C)c12.CC. The molecule has 20 heavy (non-hydrogen) atoms. The molecule has 0 amide bonds. The molecule has 0 unspecified atom stereocenters. The van der Waals surface area contributed by atoms with Crippen molar-refractivity contribution in [3.63, 3.8) is 0 Å². The zero-order valence-corrected chi connectivity index (χ0v) is 12.2. The molecule has 3 heteroatoms. The number of hydrogen-bond donors (Lipinski definition) is 2. The number of phenols is 2. The van der Waals surface area contributed by atoms with Gasteiger partial charge >= 0.3 is 0 Å². The maximum absolute atomic E-state index is 13.8. The van der Waals surface area contributed by atoms with E-state index in [9.17, 15) is 14.6 Å². The van der Waals surface area contributed by atoms with Gasteiger partial charge in [-0.2, -0.15) is 0 Å². The number of fused-ring (bicyclic) bond motifs is 1. The van der Waals surface area contributed by atoms with Crippen LogP contribution in [0.3, 0.4) is 0 Å². The van der Waals surface area contributed by atoms with E-state index in [1.807, 2.05) is 27.7 Å². The van der Waals surface area contributed by atoms with Gasteiger partial charge in [-0.05, 0) is 35.1 Å². The molecule has 2 rings (SSSR count). The van der Waals surface area contributed by atoms with Gasteiger partial charge in [0.05, 0.1) is 5.56 Å². The number of terminal acetylenes is 1. The van der Waals surface area contributed by atoms with E-state index in [-0.39, 0.29) is 17.2 Å². The van der Waals surface area contributed by atoms with Crippen molar-refractivity contribution in [3.8, 4) is 23.8 Å². The van der Waals surface area contributed by atoms with Gasteiger partial charge in [-0.25, -0.2) is 4.39 Å². The highest BCUT2D eigenvalue weighted by atomic mass is 19.1. The molecule has 0 aliphatic rings. The van der Waals surface area contributed by atoms with Gasteiger partial charge in [-0.1, -0.05) is 33.6 Å². The van der Waals surface area contributed by atoms with Crippen LogP contribution in [0.4, 0.5) is 4.39 Å². The van der Waals surface area contributed by atoms with Crippen LogP contribution < -0.4 is 0 Å². The van der Waals surface area contributed by atoms with Gasteiger partial charge in [0.2, 0.25) is 0 Å². The summed E-state index contributed by atoms with van der Waals surface area (Å²) in [7, 11) is 0. The van der Waals surface area contributed by atoms with E-state index < -0.39 is 11.6 Å². The Labute approximate surface area is 118 Å². The lowest BCUT2D eigenvalue weighted by Gasteiger charge is -2.14. The Kier molecular flexibility index (Phi) is 4.99. The minimum Gasteiger partial charge on any atom is -0.508 e. The highest BCUT2D eigenvalue weighted by Gasteiger charge is 2.16. The quantitative estimate of drug-likeness (QED) is 0.750. The fourth-order valence-electron chi connectivity index (χ4n) is 2.11. The third-order valence-electron chi connectivity index (χ3n) is 2.94. The second-order valence-electron chi connectivity index (χ2n) is 4.52. The first-order valence-electron chi connectivity index (χ1n) is 6.60. The lowest BCUT2D eigenvalue weighted by Crippen LogP contribution is -1.95. The van der Waals surface area contributed by atoms with E-state index in [1.165, 1.54) is 12.1 Å². The van der Waals surface area contributed by atoms with Crippen LogP contribution >= 0.6 is 0 Å². The molecule has 0 aromatic heterocycles. The van der Waals surface area contributed by atoms with Crippen molar-refractivity contribution in [1.29, 1.82) is 0 Å². The summed E-state index contributed by atoms with van der Waals surface area (Å²) in [6, 6.07) is 4.31. The number of halogens is 1. The van der Waals surface area contributed by atoms with Gasteiger partial charge in [-0.15, -0.1) is 6.42 Å². The molecule has 0 radical (unpaired) electrons. The molecule has 106 valence electrons. The van der Waals surface area contributed by atoms with Crippen molar-refractivity contribution in [2.45, 2.75) is 33.6 Å². The minimum atomic E-state index is -0.794. The average molecular weight is 274 g/mol. The maximum atomic E-state index is 13.8. The third-order valence-corrected chi connectivity index (χ3v) is 2.94. The first-order valence-corrected chi connectivity index (χ1v) is 6.60. The summed E-state index contributed by atoms with van der Waals surface area (Å²) in [6.45, 7) is 7.86. The molecule has 0 aliphatic heterocycles. The third kappa shape index (κ3) is 2.70. The zero-order valence-electron chi connectivity index (χ0n) is 12.2. The lowest BCUT2D eigenvalue weighted by molar-refractivity contribution is 0.433. The normalized spacial score (nSPS) is 10.1. The van der Waals surface area contributed by atoms with Crippen molar-refractivity contribution < 1.29 is 14.6 Å². The van der Waals surface area contributed by atoms with Crippen LogP contribution in [0, 0.1) is 18.2 Å². The van der Waals surface area contributed by atoms with Crippen LogP contribution in [-0.2, 0) is 0 Å². The molecule has 0 atom stereocenters. The van der Waals surface area contributed by atoms with Gasteiger partial charge in [0.25, 0.3) is 0 Å². The van der Waals surface area contributed by atoms with Gasteiger partial charge < -0.3 is 10.2 Å². The summed E-state index contributed by atoms with van der Waals surface area (Å²) in [5, 5.41) is 20.3. The second-order valence-corrected chi connectivity index (χ2v) is 4.52. The summed E-state index contributed by atoms with van der Waals surface area (Å²) >= 11 is 0. The summed E-state index contributed by atoms with van der Waals surface area (Å²) < 4.78 is 13.8. The molecule has 0 bridgehead atoms. The first-order chi connectivity index (χ1) is 9.45. The number of aromatic hydroxyl groups is 2. The Morgan fingerprint density at radius 1 is 1.15 bits per heavy atom. The van der Waals surface area contributed by atoms with E-state index >= 15 is 0 Å². The van der Waals surface area contributed by atoms with Crippen LogP contribution in [0.1, 0.15) is 44.7 Å². The molecule has 0 saturated heterocycles. The molecule has 0 spiro atoms. The topological polar surface area (TPSA) is 40.5 Å². The molecule has 0 heterocycles. The number of hydrogen-bond acceptors (Lipinski definition) is 2. The van der Waals surface area contributed by atoms with Gasteiger partial charge in [0.15, 0.2) is 11.6 Å². The predicted molar refractivity (Wildman–Crippen MR) is 80.6 cm³/mol. The Bertz CT molecular complexity index is 667. The Morgan fingerprint density at radius 3 is 2.25 bits per heavy atom. The summed E-state index contributed by atoms with van der Waals surface area (Å²) in [6.07, 6.45) is 5.33. The van der Waals surface area contributed by atoms with Crippen LogP contribution in [0.5, 0.6) is 11.5 Å². The monoisotopic (exact) mass is 274 g/mol. The van der Waals surface area contributed by atoms with Crippen LogP contribution in [0.15, 0.2) is 18.2 Å². The highest BCUT2D eigenvalue weighted by molar-refractivity contribution is 5.94. The number of benzene rings is 2. The molecule has 2 aromatic rings. The molecule has 0 fully saturated rings. The number of rotatable bonds is 1. The molecular formula is C17H19FO2. The van der Waals surface area contributed by atoms with Crippen LogP contribution in [0.2, 0.25) is 0 Å². The molecule has 0 aliphatic carbocycles. The summed E-state index contributed by atoms with van der Waals surface area (Å²) in [5.74, 6) is 1.13. The van der Waals surface area contributed by atoms with Crippen molar-refractivity contribution in [2.24, 2.45) is 0 Å². The largest absolute Gasteiger partial charge is 0.508 e. The second kappa shape index (κ2) is 6.29. The van der Waals surface area contributed by atoms with Crippen molar-refractivity contribution in [3.05, 3.63) is 35.1 Å². The van der Waals surface area contributed by atoms with Crippen LogP contribution in [-0.4, -0.2) is 10.2 Å². The number of phenolic OH excluding ortho intramolecular Hbond substituents is 2. The molecular weight excluding hydrogens is 255 g/mol. The maximum Gasteiger partial charge on any atom is 0.181 e. The lowest BCUT2D eigenvalue weighted by atomic mass is 9.92. The Morgan fingerprint density at radius 2 is 1.75 bits per heavy atom. The Balaban J connectivity index is 0.000000956. The van der Waals surface area contributed by atoms with E-state index in [1.54, 1.807) is 6.07 Å². The Hall–Kier alpha value is -2.21. The van der Waals surface area contributed by atoms with E-state index in [0.717, 1.165) is 5.56 Å². The molecule has 0 saturated carbocycles. The van der Waals surface area contributed by atoms with Gasteiger partial charge in [0.1, 0.15) is 5.75 Å². The van der Waals surface area contributed by atoms with Crippen LogP contribution in [0.25, 0.3) is 10.8 Å². The highest BCUT2D eigenvalue weighted by Crippen LogP contribution is 2.36.